The highest BCUT2D eigenvalue weighted by atomic mass is 16.4. The van der Waals surface area contributed by atoms with Crippen molar-refractivity contribution in [2.45, 2.75) is 0 Å². The van der Waals surface area contributed by atoms with Gasteiger partial charge in [0.25, 0.3) is 0 Å². The number of rotatable bonds is 2. The van der Waals surface area contributed by atoms with E-state index in [1.165, 1.54) is 6.20 Å². The largest absolute Gasteiger partial charge is 0.491 e. The van der Waals surface area contributed by atoms with Crippen LogP contribution in [0.4, 0.5) is 0 Å². The molecule has 0 saturated carbocycles. The van der Waals surface area contributed by atoms with Crippen molar-refractivity contribution in [1.82, 2.24) is 9.78 Å². The minimum atomic E-state index is -1.49. The fraction of sp³-hybridized carbons (Fsp3) is 0. The molecule has 4 nitrogen and oxygen atoms in total. The summed E-state index contributed by atoms with van der Waals surface area (Å²) >= 11 is 0. The Kier molecular flexibility index (Phi) is 2.62. The molecule has 2 N–H and O–H groups in total. The van der Waals surface area contributed by atoms with Crippen molar-refractivity contribution in [3.63, 3.8) is 0 Å². The van der Waals surface area contributed by atoms with Gasteiger partial charge in [0.2, 0.25) is 0 Å². The van der Waals surface area contributed by atoms with Gasteiger partial charge >= 0.3 is 7.12 Å². The van der Waals surface area contributed by atoms with Gasteiger partial charge in [-0.15, -0.1) is 0 Å². The Labute approximate surface area is 104 Å². The molecule has 0 aliphatic rings. The Morgan fingerprint density at radius 3 is 2.50 bits per heavy atom. The fourth-order valence-corrected chi connectivity index (χ4v) is 1.93. The van der Waals surface area contributed by atoms with Gasteiger partial charge in [-0.25, -0.2) is 4.68 Å². The molecule has 0 saturated heterocycles. The van der Waals surface area contributed by atoms with E-state index < -0.39 is 7.12 Å². The number of fused-ring (bicyclic) bond motifs is 1. The number of hydrogen-bond acceptors (Lipinski definition) is 3. The third kappa shape index (κ3) is 1.90. The molecule has 1 aromatic heterocycles. The summed E-state index contributed by atoms with van der Waals surface area (Å²) in [4.78, 5) is 0. The van der Waals surface area contributed by atoms with E-state index >= 15 is 0 Å². The third-order valence-corrected chi connectivity index (χ3v) is 2.90. The lowest BCUT2D eigenvalue weighted by Gasteiger charge is -2.03. The Morgan fingerprint density at radius 1 is 1.00 bits per heavy atom. The van der Waals surface area contributed by atoms with Crippen molar-refractivity contribution >= 4 is 23.4 Å². The molecule has 0 radical (unpaired) electrons. The Hall–Kier alpha value is -2.11. The standard InChI is InChI=1S/C13H11BN2O2/c17-14(18)12-8-15-16(9-12)13-6-5-10-3-1-2-4-11(10)7-13/h1-9,17-18H. The highest BCUT2D eigenvalue weighted by molar-refractivity contribution is 6.58. The van der Waals surface area contributed by atoms with Gasteiger partial charge < -0.3 is 10.0 Å². The fourth-order valence-electron chi connectivity index (χ4n) is 1.93. The van der Waals surface area contributed by atoms with E-state index in [9.17, 15) is 0 Å². The van der Waals surface area contributed by atoms with Crippen LogP contribution in [-0.4, -0.2) is 26.9 Å². The van der Waals surface area contributed by atoms with Gasteiger partial charge in [-0.05, 0) is 22.9 Å². The molecule has 3 aromatic rings. The number of nitrogens with zero attached hydrogens (tertiary/aromatic N) is 2. The predicted molar refractivity (Wildman–Crippen MR) is 70.9 cm³/mol. The Morgan fingerprint density at radius 2 is 1.78 bits per heavy atom. The molecule has 0 aliphatic carbocycles. The zero-order chi connectivity index (χ0) is 12.5. The number of aromatic nitrogens is 2. The lowest BCUT2D eigenvalue weighted by molar-refractivity contribution is 0.426. The molecule has 1 heterocycles. The van der Waals surface area contributed by atoms with E-state index in [1.54, 1.807) is 10.9 Å². The zero-order valence-electron chi connectivity index (χ0n) is 9.56. The van der Waals surface area contributed by atoms with Crippen LogP contribution in [0.2, 0.25) is 0 Å². The maximum Gasteiger partial charge on any atom is 0.491 e. The first-order valence-corrected chi connectivity index (χ1v) is 5.64. The average molecular weight is 238 g/mol. The molecule has 0 bridgehead atoms. The van der Waals surface area contributed by atoms with Crippen molar-refractivity contribution < 1.29 is 10.0 Å². The summed E-state index contributed by atoms with van der Waals surface area (Å²) < 4.78 is 1.63. The van der Waals surface area contributed by atoms with E-state index in [1.807, 2.05) is 42.5 Å². The van der Waals surface area contributed by atoms with E-state index in [2.05, 4.69) is 5.10 Å². The molecule has 0 atom stereocenters. The van der Waals surface area contributed by atoms with Gasteiger partial charge in [-0.3, -0.25) is 0 Å². The smallest absolute Gasteiger partial charge is 0.423 e. The second kappa shape index (κ2) is 4.29. The normalized spacial score (nSPS) is 10.8. The van der Waals surface area contributed by atoms with Crippen LogP contribution < -0.4 is 5.46 Å². The SMILES string of the molecule is OB(O)c1cnn(-c2ccc3ccccc3c2)c1. The molecule has 0 fully saturated rings. The molecule has 0 amide bonds. The van der Waals surface area contributed by atoms with Gasteiger partial charge in [-0.1, -0.05) is 30.3 Å². The molecule has 0 unspecified atom stereocenters. The predicted octanol–water partition coefficient (Wildman–Crippen LogP) is 0.705. The van der Waals surface area contributed by atoms with E-state index in [0.717, 1.165) is 16.5 Å². The molecule has 5 heteroatoms. The maximum absolute atomic E-state index is 9.06. The number of benzene rings is 2. The van der Waals surface area contributed by atoms with Crippen LogP contribution in [0.1, 0.15) is 0 Å². The minimum absolute atomic E-state index is 0.378. The van der Waals surface area contributed by atoms with Crippen LogP contribution in [0.15, 0.2) is 54.9 Å². The molecule has 0 aliphatic heterocycles. The molecule has 0 spiro atoms. The highest BCUT2D eigenvalue weighted by Gasteiger charge is 2.13. The summed E-state index contributed by atoms with van der Waals surface area (Å²) in [7, 11) is -1.49. The maximum atomic E-state index is 9.06. The first-order chi connectivity index (χ1) is 8.74. The van der Waals surface area contributed by atoms with Crippen molar-refractivity contribution in [3.05, 3.63) is 54.9 Å². The molecule has 2 aromatic carbocycles. The average Bonchev–Trinajstić information content (AvgIpc) is 2.88. The molecule has 3 rings (SSSR count). The minimum Gasteiger partial charge on any atom is -0.423 e. The first kappa shape index (κ1) is 11.0. The van der Waals surface area contributed by atoms with Crippen molar-refractivity contribution in [2.75, 3.05) is 0 Å². The number of hydrogen-bond donors (Lipinski definition) is 2. The van der Waals surface area contributed by atoms with Gasteiger partial charge in [0.05, 0.1) is 5.69 Å². The van der Waals surface area contributed by atoms with Crippen LogP contribution >= 0.6 is 0 Å². The van der Waals surface area contributed by atoms with Crippen LogP contribution in [0.5, 0.6) is 0 Å². The zero-order valence-corrected chi connectivity index (χ0v) is 9.56. The molecule has 88 valence electrons. The monoisotopic (exact) mass is 238 g/mol. The van der Waals surface area contributed by atoms with Crippen LogP contribution in [0, 0.1) is 0 Å². The summed E-state index contributed by atoms with van der Waals surface area (Å²) in [5.74, 6) is 0. The lowest BCUT2D eigenvalue weighted by Crippen LogP contribution is -2.28. The molecular weight excluding hydrogens is 227 g/mol. The topological polar surface area (TPSA) is 58.3 Å². The van der Waals surface area contributed by atoms with Crippen LogP contribution in [0.3, 0.4) is 0 Å². The summed E-state index contributed by atoms with van der Waals surface area (Å²) in [6, 6.07) is 14.0. The van der Waals surface area contributed by atoms with Crippen molar-refractivity contribution in [2.24, 2.45) is 0 Å². The summed E-state index contributed by atoms with van der Waals surface area (Å²) in [5, 5.41) is 24.5. The first-order valence-electron chi connectivity index (χ1n) is 5.64. The Balaban J connectivity index is 2.07. The molecular formula is C13H11BN2O2. The Bertz CT molecular complexity index is 694. The van der Waals surface area contributed by atoms with Crippen LogP contribution in [-0.2, 0) is 0 Å². The lowest BCUT2D eigenvalue weighted by atomic mass is 9.83. The van der Waals surface area contributed by atoms with Gasteiger partial charge in [-0.2, -0.15) is 5.10 Å². The van der Waals surface area contributed by atoms with E-state index in [4.69, 9.17) is 10.0 Å². The van der Waals surface area contributed by atoms with Gasteiger partial charge in [0.15, 0.2) is 0 Å². The van der Waals surface area contributed by atoms with Crippen molar-refractivity contribution in [1.29, 1.82) is 0 Å². The van der Waals surface area contributed by atoms with Gasteiger partial charge in [0.1, 0.15) is 0 Å². The molecule has 18 heavy (non-hydrogen) atoms. The van der Waals surface area contributed by atoms with E-state index in [0.29, 0.717) is 5.46 Å². The second-order valence-electron chi connectivity index (χ2n) is 4.12. The highest BCUT2D eigenvalue weighted by Crippen LogP contribution is 2.17. The quantitative estimate of drug-likeness (QED) is 0.646. The van der Waals surface area contributed by atoms with E-state index in [-0.39, 0.29) is 0 Å². The van der Waals surface area contributed by atoms with Gasteiger partial charge in [0, 0.05) is 17.9 Å². The van der Waals surface area contributed by atoms with Crippen LogP contribution in [0.25, 0.3) is 16.5 Å². The second-order valence-corrected chi connectivity index (χ2v) is 4.12. The van der Waals surface area contributed by atoms with Crippen molar-refractivity contribution in [3.8, 4) is 5.69 Å². The summed E-state index contributed by atoms with van der Waals surface area (Å²) in [6.07, 6.45) is 3.05. The third-order valence-electron chi connectivity index (χ3n) is 2.90. The summed E-state index contributed by atoms with van der Waals surface area (Å²) in [5.41, 5.74) is 1.27. The summed E-state index contributed by atoms with van der Waals surface area (Å²) in [6.45, 7) is 0.